The monoisotopic (exact) mass is 253 g/mol. The van der Waals surface area contributed by atoms with Gasteiger partial charge in [-0.1, -0.05) is 19.4 Å². The number of anilines is 1. The summed E-state index contributed by atoms with van der Waals surface area (Å²) in [5, 5.41) is 0. The summed E-state index contributed by atoms with van der Waals surface area (Å²) < 4.78 is 13.3. The number of nitrogen functional groups attached to an aromatic ring is 1. The molecule has 0 saturated carbocycles. The van der Waals surface area contributed by atoms with E-state index >= 15 is 0 Å². The summed E-state index contributed by atoms with van der Waals surface area (Å²) in [6, 6.07) is 4.69. The zero-order chi connectivity index (χ0) is 13.5. The zero-order valence-electron chi connectivity index (χ0n) is 10.7. The van der Waals surface area contributed by atoms with Gasteiger partial charge in [0.05, 0.1) is 12.2 Å². The first-order chi connectivity index (χ1) is 8.52. The van der Waals surface area contributed by atoms with Gasteiger partial charge in [-0.3, -0.25) is 9.69 Å². The molecule has 0 aliphatic heterocycles. The summed E-state index contributed by atoms with van der Waals surface area (Å²) in [6.45, 7) is 3.53. The maximum absolute atomic E-state index is 13.3. The lowest BCUT2D eigenvalue weighted by atomic mass is 10.1. The van der Waals surface area contributed by atoms with Gasteiger partial charge in [-0.15, -0.1) is 0 Å². The van der Waals surface area contributed by atoms with Crippen molar-refractivity contribution in [2.24, 2.45) is 5.73 Å². The van der Waals surface area contributed by atoms with Crippen LogP contribution in [0.3, 0.4) is 0 Å². The second-order valence-corrected chi connectivity index (χ2v) is 4.39. The van der Waals surface area contributed by atoms with Gasteiger partial charge in [-0.05, 0) is 30.7 Å². The summed E-state index contributed by atoms with van der Waals surface area (Å²) in [5.41, 5.74) is 11.5. The van der Waals surface area contributed by atoms with Crippen molar-refractivity contribution < 1.29 is 9.18 Å². The molecule has 4 N–H and O–H groups in total. The van der Waals surface area contributed by atoms with Crippen molar-refractivity contribution >= 4 is 11.6 Å². The first-order valence-electron chi connectivity index (χ1n) is 6.07. The molecule has 18 heavy (non-hydrogen) atoms. The fraction of sp³-hybridized carbons (Fsp3) is 0.462. The number of amides is 1. The number of hydrogen-bond acceptors (Lipinski definition) is 3. The molecule has 0 aliphatic carbocycles. The largest absolute Gasteiger partial charge is 0.396 e. The molecule has 0 spiro atoms. The number of nitrogens with zero attached hydrogens (tertiary/aromatic N) is 1. The molecule has 1 aromatic rings. The molecule has 0 atom stereocenters. The van der Waals surface area contributed by atoms with Crippen LogP contribution in [-0.4, -0.2) is 23.9 Å². The van der Waals surface area contributed by atoms with Gasteiger partial charge >= 0.3 is 0 Å². The molecule has 4 nitrogen and oxygen atoms in total. The number of nitrogens with two attached hydrogens (primary N) is 2. The third kappa shape index (κ3) is 4.71. The average molecular weight is 253 g/mol. The first-order valence-corrected chi connectivity index (χ1v) is 6.07. The first kappa shape index (κ1) is 14.4. The third-order valence-corrected chi connectivity index (χ3v) is 2.68. The molecule has 0 radical (unpaired) electrons. The van der Waals surface area contributed by atoms with Crippen LogP contribution in [0, 0.1) is 5.82 Å². The number of carbonyl (C=O) groups is 1. The van der Waals surface area contributed by atoms with Crippen molar-refractivity contribution in [1.82, 2.24) is 4.90 Å². The maximum Gasteiger partial charge on any atom is 0.231 e. The molecular weight excluding hydrogens is 233 g/mol. The van der Waals surface area contributed by atoms with E-state index in [1.807, 2.05) is 4.90 Å². The summed E-state index contributed by atoms with van der Waals surface area (Å²) in [4.78, 5) is 12.9. The normalized spacial score (nSPS) is 10.8. The van der Waals surface area contributed by atoms with Gasteiger partial charge in [-0.2, -0.15) is 0 Å². The zero-order valence-corrected chi connectivity index (χ0v) is 10.7. The molecule has 0 unspecified atom stereocenters. The summed E-state index contributed by atoms with van der Waals surface area (Å²) in [5.74, 6) is -0.802. The molecule has 0 bridgehead atoms. The average Bonchev–Trinajstić information content (AvgIpc) is 2.30. The number of unbranched alkanes of at least 4 members (excludes halogenated alkanes) is 1. The second kappa shape index (κ2) is 6.96. The van der Waals surface area contributed by atoms with Crippen LogP contribution in [-0.2, 0) is 11.3 Å². The number of hydrogen-bond donors (Lipinski definition) is 2. The van der Waals surface area contributed by atoms with Crippen molar-refractivity contribution in [1.29, 1.82) is 0 Å². The summed E-state index contributed by atoms with van der Waals surface area (Å²) in [6.07, 6.45) is 2.01. The Labute approximate surface area is 107 Å². The standard InChI is InChI=1S/C13H20FN3O/c1-2-3-6-17(9-13(16)18)8-10-4-5-12(15)11(14)7-10/h4-5,7H,2-3,6,8-9,15H2,1H3,(H2,16,18). The van der Waals surface area contributed by atoms with Crippen LogP contribution in [0.2, 0.25) is 0 Å². The van der Waals surface area contributed by atoms with Crippen LogP contribution in [0.25, 0.3) is 0 Å². The number of primary amides is 1. The number of halogens is 1. The summed E-state index contributed by atoms with van der Waals surface area (Å²) in [7, 11) is 0. The van der Waals surface area contributed by atoms with Crippen molar-refractivity contribution in [3.8, 4) is 0 Å². The van der Waals surface area contributed by atoms with Gasteiger partial charge in [0, 0.05) is 6.54 Å². The third-order valence-electron chi connectivity index (χ3n) is 2.68. The molecule has 5 heteroatoms. The van der Waals surface area contributed by atoms with Gasteiger partial charge < -0.3 is 11.5 Å². The van der Waals surface area contributed by atoms with Gasteiger partial charge in [0.1, 0.15) is 5.82 Å². The van der Waals surface area contributed by atoms with Crippen LogP contribution >= 0.6 is 0 Å². The van der Waals surface area contributed by atoms with Crippen LogP contribution in [0.5, 0.6) is 0 Å². The van der Waals surface area contributed by atoms with E-state index in [0.717, 1.165) is 24.9 Å². The van der Waals surface area contributed by atoms with E-state index in [-0.39, 0.29) is 18.1 Å². The molecule has 1 aromatic carbocycles. The predicted octanol–water partition coefficient (Wildman–Crippen LogP) is 1.50. The Morgan fingerprint density at radius 3 is 2.72 bits per heavy atom. The molecule has 1 amide bonds. The number of rotatable bonds is 7. The van der Waals surface area contributed by atoms with E-state index in [1.165, 1.54) is 12.1 Å². The Kier molecular flexibility index (Phi) is 5.58. The number of carbonyl (C=O) groups excluding carboxylic acids is 1. The highest BCUT2D eigenvalue weighted by Crippen LogP contribution is 2.14. The van der Waals surface area contributed by atoms with E-state index in [1.54, 1.807) is 6.07 Å². The molecule has 0 fully saturated rings. The SMILES string of the molecule is CCCCN(CC(N)=O)Cc1ccc(N)c(F)c1. The number of benzene rings is 1. The molecule has 0 heterocycles. The Morgan fingerprint density at radius 2 is 2.17 bits per heavy atom. The maximum atomic E-state index is 13.3. The van der Waals surface area contributed by atoms with E-state index in [4.69, 9.17) is 11.5 Å². The molecule has 100 valence electrons. The minimum atomic E-state index is -0.429. The van der Waals surface area contributed by atoms with Crippen LogP contribution in [0.1, 0.15) is 25.3 Å². The van der Waals surface area contributed by atoms with Crippen molar-refractivity contribution in [3.63, 3.8) is 0 Å². The molecule has 0 saturated heterocycles. The Morgan fingerprint density at radius 1 is 1.44 bits per heavy atom. The van der Waals surface area contributed by atoms with E-state index in [0.29, 0.717) is 6.54 Å². The molecule has 0 aliphatic rings. The Balaban J connectivity index is 2.68. The fourth-order valence-corrected chi connectivity index (χ4v) is 1.74. The summed E-state index contributed by atoms with van der Waals surface area (Å²) >= 11 is 0. The van der Waals surface area contributed by atoms with Crippen LogP contribution in [0.15, 0.2) is 18.2 Å². The highest BCUT2D eigenvalue weighted by molar-refractivity contribution is 5.75. The quantitative estimate of drug-likeness (QED) is 0.723. The topological polar surface area (TPSA) is 72.3 Å². The Hall–Kier alpha value is -1.62. The molecule has 1 rings (SSSR count). The van der Waals surface area contributed by atoms with Crippen LogP contribution in [0.4, 0.5) is 10.1 Å². The van der Waals surface area contributed by atoms with Crippen molar-refractivity contribution in [2.45, 2.75) is 26.3 Å². The Bertz CT molecular complexity index is 409. The van der Waals surface area contributed by atoms with Gasteiger partial charge in [-0.25, -0.2) is 4.39 Å². The highest BCUT2D eigenvalue weighted by atomic mass is 19.1. The van der Waals surface area contributed by atoms with E-state index < -0.39 is 5.82 Å². The van der Waals surface area contributed by atoms with Crippen LogP contribution < -0.4 is 11.5 Å². The van der Waals surface area contributed by atoms with Crippen molar-refractivity contribution in [2.75, 3.05) is 18.8 Å². The lowest BCUT2D eigenvalue weighted by molar-refractivity contribution is -0.119. The van der Waals surface area contributed by atoms with Gasteiger partial charge in [0.15, 0.2) is 0 Å². The minimum absolute atomic E-state index is 0.133. The van der Waals surface area contributed by atoms with Crippen molar-refractivity contribution in [3.05, 3.63) is 29.6 Å². The smallest absolute Gasteiger partial charge is 0.231 e. The molecular formula is C13H20FN3O. The minimum Gasteiger partial charge on any atom is -0.396 e. The van der Waals surface area contributed by atoms with Gasteiger partial charge in [0.2, 0.25) is 5.91 Å². The highest BCUT2D eigenvalue weighted by Gasteiger charge is 2.09. The fourth-order valence-electron chi connectivity index (χ4n) is 1.74. The second-order valence-electron chi connectivity index (χ2n) is 4.39. The lowest BCUT2D eigenvalue weighted by Crippen LogP contribution is -2.34. The lowest BCUT2D eigenvalue weighted by Gasteiger charge is -2.20. The van der Waals surface area contributed by atoms with E-state index in [2.05, 4.69) is 6.92 Å². The predicted molar refractivity (Wildman–Crippen MR) is 70.2 cm³/mol. The molecule has 0 aromatic heterocycles. The van der Waals surface area contributed by atoms with E-state index in [9.17, 15) is 9.18 Å². The van der Waals surface area contributed by atoms with Gasteiger partial charge in [0.25, 0.3) is 0 Å².